The molecule has 0 heterocycles. The van der Waals surface area contributed by atoms with Crippen molar-refractivity contribution >= 4 is 11.6 Å². The molecule has 198 valence electrons. The van der Waals surface area contributed by atoms with E-state index in [1.807, 2.05) is 36.4 Å². The van der Waals surface area contributed by atoms with Gasteiger partial charge in [0.1, 0.15) is 5.82 Å². The van der Waals surface area contributed by atoms with Crippen LogP contribution in [-0.4, -0.2) is 0 Å². The van der Waals surface area contributed by atoms with E-state index in [-0.39, 0.29) is 5.82 Å². The Bertz CT molecular complexity index is 1290. The lowest BCUT2D eigenvalue weighted by Gasteiger charge is -2.11. The first-order valence-corrected chi connectivity index (χ1v) is 14.7. The van der Waals surface area contributed by atoms with Gasteiger partial charge in [0.2, 0.25) is 0 Å². The van der Waals surface area contributed by atoms with Crippen molar-refractivity contribution in [3.63, 3.8) is 0 Å². The molecule has 38 heavy (non-hydrogen) atoms. The largest absolute Gasteiger partial charge is 0.206 e. The number of aryl methyl sites for hydroxylation is 2. The first-order valence-electron chi connectivity index (χ1n) is 14.4. The molecular formula is C36H40ClF. The van der Waals surface area contributed by atoms with E-state index in [9.17, 15) is 4.39 Å². The minimum absolute atomic E-state index is 0.150. The lowest BCUT2D eigenvalue weighted by Crippen LogP contribution is -1.91. The van der Waals surface area contributed by atoms with Crippen molar-refractivity contribution in [1.29, 1.82) is 0 Å². The van der Waals surface area contributed by atoms with Crippen molar-refractivity contribution in [3.05, 3.63) is 107 Å². The number of unbranched alkanes of at least 4 members (excludes halogenated alkanes) is 6. The number of hydrogen-bond acceptors (Lipinski definition) is 0. The fraction of sp³-hybridized carbons (Fsp3) is 0.333. The first kappa shape index (κ1) is 28.1. The number of benzene rings is 4. The fourth-order valence-corrected chi connectivity index (χ4v) is 5.37. The van der Waals surface area contributed by atoms with Gasteiger partial charge in [-0.05, 0) is 71.2 Å². The molecule has 2 heteroatoms. The van der Waals surface area contributed by atoms with E-state index in [0.717, 1.165) is 52.1 Å². The highest BCUT2D eigenvalue weighted by Crippen LogP contribution is 2.34. The number of rotatable bonds is 13. The molecule has 0 radical (unpaired) electrons. The van der Waals surface area contributed by atoms with Gasteiger partial charge in [0, 0.05) is 16.1 Å². The molecule has 0 N–H and O–H groups in total. The first-order chi connectivity index (χ1) is 18.6. The van der Waals surface area contributed by atoms with Gasteiger partial charge in [-0.1, -0.05) is 137 Å². The second kappa shape index (κ2) is 14.3. The quantitative estimate of drug-likeness (QED) is 0.152. The summed E-state index contributed by atoms with van der Waals surface area (Å²) >= 11 is 6.74. The topological polar surface area (TPSA) is 0 Å². The molecule has 0 amide bonds. The van der Waals surface area contributed by atoms with Gasteiger partial charge in [-0.25, -0.2) is 4.39 Å². The second-order valence-electron chi connectivity index (χ2n) is 10.4. The predicted molar refractivity (Wildman–Crippen MR) is 163 cm³/mol. The van der Waals surface area contributed by atoms with Crippen LogP contribution in [0.25, 0.3) is 33.4 Å². The van der Waals surface area contributed by atoms with Crippen LogP contribution in [0.1, 0.15) is 76.3 Å². The van der Waals surface area contributed by atoms with Crippen LogP contribution < -0.4 is 0 Å². The Morgan fingerprint density at radius 1 is 0.500 bits per heavy atom. The SMILES string of the molecule is CCCCCCCc1ccc(-c2ccc(-c3ccc(-c4ccc(CCCCC)cc4)cc3Cl)cc2)c(F)c1. The van der Waals surface area contributed by atoms with Crippen LogP contribution in [0.2, 0.25) is 5.02 Å². The smallest absolute Gasteiger partial charge is 0.131 e. The predicted octanol–water partition coefficient (Wildman–Crippen LogP) is 11.7. The van der Waals surface area contributed by atoms with Crippen molar-refractivity contribution in [1.82, 2.24) is 0 Å². The van der Waals surface area contributed by atoms with Gasteiger partial charge in [-0.3, -0.25) is 0 Å². The minimum atomic E-state index is -0.150. The summed E-state index contributed by atoms with van der Waals surface area (Å²) in [5.74, 6) is -0.150. The van der Waals surface area contributed by atoms with E-state index in [1.165, 1.54) is 56.1 Å². The Morgan fingerprint density at radius 2 is 1.00 bits per heavy atom. The van der Waals surface area contributed by atoms with E-state index in [4.69, 9.17) is 11.6 Å². The Kier molecular flexibility index (Phi) is 10.6. The van der Waals surface area contributed by atoms with Crippen LogP contribution in [0.3, 0.4) is 0 Å². The van der Waals surface area contributed by atoms with Gasteiger partial charge in [-0.2, -0.15) is 0 Å². The fourth-order valence-electron chi connectivity index (χ4n) is 5.08. The van der Waals surface area contributed by atoms with Gasteiger partial charge in [0.05, 0.1) is 0 Å². The molecule has 0 saturated heterocycles. The highest BCUT2D eigenvalue weighted by molar-refractivity contribution is 6.33. The van der Waals surface area contributed by atoms with E-state index >= 15 is 0 Å². The standard InChI is InChI=1S/C36H40ClF/c1-3-5-7-8-10-12-28-15-23-34(36(38)25-28)31-20-18-30(19-21-31)33-24-22-32(26-35(33)37)29-16-13-27(14-17-29)11-9-6-4-2/h13-26H,3-12H2,1-2H3. The maximum Gasteiger partial charge on any atom is 0.131 e. The van der Waals surface area contributed by atoms with Crippen molar-refractivity contribution < 1.29 is 4.39 Å². The molecule has 0 aromatic heterocycles. The van der Waals surface area contributed by atoms with Crippen molar-refractivity contribution in [2.75, 3.05) is 0 Å². The monoisotopic (exact) mass is 526 g/mol. The summed E-state index contributed by atoms with van der Waals surface area (Å²) in [7, 11) is 0. The van der Waals surface area contributed by atoms with Crippen LogP contribution in [0.4, 0.5) is 4.39 Å². The maximum absolute atomic E-state index is 14.9. The summed E-state index contributed by atoms with van der Waals surface area (Å²) in [6.45, 7) is 4.46. The molecule has 0 fully saturated rings. The molecule has 0 nitrogen and oxygen atoms in total. The van der Waals surface area contributed by atoms with Gasteiger partial charge in [0.25, 0.3) is 0 Å². The molecular weight excluding hydrogens is 487 g/mol. The zero-order valence-electron chi connectivity index (χ0n) is 22.9. The zero-order chi connectivity index (χ0) is 26.7. The van der Waals surface area contributed by atoms with Crippen LogP contribution in [0, 0.1) is 5.82 Å². The molecule has 0 saturated carbocycles. The van der Waals surface area contributed by atoms with Crippen LogP contribution >= 0.6 is 11.6 Å². The third kappa shape index (κ3) is 7.58. The summed E-state index contributed by atoms with van der Waals surface area (Å²) in [6.07, 6.45) is 12.0. The Labute approximate surface area is 233 Å². The van der Waals surface area contributed by atoms with E-state index in [2.05, 4.69) is 56.3 Å². The summed E-state index contributed by atoms with van der Waals surface area (Å²) in [6, 6.07) is 28.8. The molecule has 0 bridgehead atoms. The van der Waals surface area contributed by atoms with Gasteiger partial charge in [0.15, 0.2) is 0 Å². The van der Waals surface area contributed by atoms with Gasteiger partial charge in [-0.15, -0.1) is 0 Å². The lowest BCUT2D eigenvalue weighted by molar-refractivity contribution is 0.618. The average Bonchev–Trinajstić information content (AvgIpc) is 2.94. The third-order valence-corrected chi connectivity index (χ3v) is 7.75. The number of halogens is 2. The summed E-state index contributed by atoms with van der Waals surface area (Å²) < 4.78 is 14.9. The summed E-state index contributed by atoms with van der Waals surface area (Å²) in [4.78, 5) is 0. The minimum Gasteiger partial charge on any atom is -0.206 e. The molecule has 0 unspecified atom stereocenters. The van der Waals surface area contributed by atoms with Crippen molar-refractivity contribution in [2.45, 2.75) is 78.1 Å². The molecule has 0 aliphatic heterocycles. The van der Waals surface area contributed by atoms with Gasteiger partial charge < -0.3 is 0 Å². The molecule has 4 aromatic rings. The lowest BCUT2D eigenvalue weighted by atomic mass is 9.96. The molecule has 0 aliphatic carbocycles. The Hall–Kier alpha value is -2.90. The van der Waals surface area contributed by atoms with Crippen LogP contribution in [-0.2, 0) is 12.8 Å². The molecule has 0 aliphatic rings. The maximum atomic E-state index is 14.9. The third-order valence-electron chi connectivity index (χ3n) is 7.43. The summed E-state index contributed by atoms with van der Waals surface area (Å²) in [5.41, 5.74) is 8.29. The van der Waals surface area contributed by atoms with E-state index in [0.29, 0.717) is 5.56 Å². The Balaban J connectivity index is 1.42. The van der Waals surface area contributed by atoms with Gasteiger partial charge >= 0.3 is 0 Å². The highest BCUT2D eigenvalue weighted by Gasteiger charge is 2.10. The molecule has 4 rings (SSSR count). The normalized spacial score (nSPS) is 11.2. The zero-order valence-corrected chi connectivity index (χ0v) is 23.7. The second-order valence-corrected chi connectivity index (χ2v) is 10.8. The van der Waals surface area contributed by atoms with E-state index < -0.39 is 0 Å². The highest BCUT2D eigenvalue weighted by atomic mass is 35.5. The summed E-state index contributed by atoms with van der Waals surface area (Å²) in [5, 5.41) is 0.719. The van der Waals surface area contributed by atoms with Crippen molar-refractivity contribution in [3.8, 4) is 33.4 Å². The molecule has 0 atom stereocenters. The van der Waals surface area contributed by atoms with Crippen LogP contribution in [0.5, 0.6) is 0 Å². The number of hydrogen-bond donors (Lipinski definition) is 0. The molecule has 4 aromatic carbocycles. The van der Waals surface area contributed by atoms with Crippen molar-refractivity contribution in [2.24, 2.45) is 0 Å². The molecule has 0 spiro atoms. The van der Waals surface area contributed by atoms with Crippen LogP contribution in [0.15, 0.2) is 84.9 Å². The Morgan fingerprint density at radius 3 is 1.66 bits per heavy atom. The average molecular weight is 527 g/mol. The van der Waals surface area contributed by atoms with E-state index in [1.54, 1.807) is 6.07 Å².